The average molecular weight is 228 g/mol. The van der Waals surface area contributed by atoms with Gasteiger partial charge in [0.25, 0.3) is 0 Å². The van der Waals surface area contributed by atoms with Gasteiger partial charge in [0.2, 0.25) is 0 Å². The van der Waals surface area contributed by atoms with Gasteiger partial charge in [-0.2, -0.15) is 0 Å². The number of benzene rings is 1. The van der Waals surface area contributed by atoms with E-state index in [0.717, 1.165) is 5.75 Å². The molecule has 0 saturated heterocycles. The van der Waals surface area contributed by atoms with Gasteiger partial charge in [-0.05, 0) is 31.2 Å². The van der Waals surface area contributed by atoms with Gasteiger partial charge in [0.05, 0.1) is 0 Å². The minimum absolute atomic E-state index is 0.325. The van der Waals surface area contributed by atoms with Crippen LogP contribution in [0.1, 0.15) is 6.92 Å². The fraction of sp³-hybridized carbons (Fsp3) is 0.300. The van der Waals surface area contributed by atoms with Gasteiger partial charge in [-0.1, -0.05) is 11.6 Å². The molecule has 0 radical (unpaired) electrons. The van der Waals surface area contributed by atoms with Crippen LogP contribution >= 0.6 is 11.6 Å². The Balaban J connectivity index is 2.49. The third-order valence-corrected chi connectivity index (χ3v) is 1.96. The molecule has 3 N–H and O–H groups in total. The van der Waals surface area contributed by atoms with Gasteiger partial charge < -0.3 is 10.2 Å². The predicted molar refractivity (Wildman–Crippen MR) is 62.2 cm³/mol. The van der Waals surface area contributed by atoms with Crippen molar-refractivity contribution in [1.82, 2.24) is 5.43 Å². The molecule has 82 valence electrons. The Morgan fingerprint density at radius 1 is 1.47 bits per heavy atom. The summed E-state index contributed by atoms with van der Waals surface area (Å²) in [5.41, 5.74) is 2.48. The van der Waals surface area contributed by atoms with E-state index in [1.54, 1.807) is 24.3 Å². The Morgan fingerprint density at radius 2 is 2.13 bits per heavy atom. The molecule has 1 aromatic rings. The van der Waals surface area contributed by atoms with Gasteiger partial charge in [0, 0.05) is 11.6 Å². The van der Waals surface area contributed by atoms with Crippen LogP contribution in [0.15, 0.2) is 29.3 Å². The molecule has 0 aliphatic carbocycles. The van der Waals surface area contributed by atoms with Crippen LogP contribution in [0.3, 0.4) is 0 Å². The van der Waals surface area contributed by atoms with Crippen LogP contribution in [-0.4, -0.2) is 19.0 Å². The predicted octanol–water partition coefficient (Wildman–Crippen LogP) is 1.60. The Hall–Kier alpha value is -1.26. The number of nitrogens with zero attached hydrogens (tertiary/aromatic N) is 1. The molecule has 15 heavy (non-hydrogen) atoms. The average Bonchev–Trinajstić information content (AvgIpc) is 2.26. The molecule has 0 fully saturated rings. The highest BCUT2D eigenvalue weighted by Gasteiger charge is 1.98. The second-order valence-electron chi connectivity index (χ2n) is 2.81. The molecule has 0 spiro atoms. The lowest BCUT2D eigenvalue weighted by Gasteiger charge is -2.08. The second kappa shape index (κ2) is 6.27. The first-order chi connectivity index (χ1) is 7.26. The highest BCUT2D eigenvalue weighted by atomic mass is 35.5. The first kappa shape index (κ1) is 11.8. The van der Waals surface area contributed by atoms with E-state index in [0.29, 0.717) is 24.0 Å². The topological polar surface area (TPSA) is 59.6 Å². The van der Waals surface area contributed by atoms with Gasteiger partial charge in [-0.3, -0.25) is 4.99 Å². The summed E-state index contributed by atoms with van der Waals surface area (Å²) < 4.78 is 5.43. The number of ether oxygens (including phenoxy) is 1. The Morgan fingerprint density at radius 3 is 2.67 bits per heavy atom. The largest absolute Gasteiger partial charge is 0.486 e. The Bertz CT molecular complexity index is 324. The normalized spacial score (nSPS) is 11.3. The van der Waals surface area contributed by atoms with Crippen molar-refractivity contribution in [1.29, 1.82) is 0 Å². The SMILES string of the molecule is CCN=C(COc1ccc(Cl)cc1)NN. The number of hydrazine groups is 1. The van der Waals surface area contributed by atoms with Crippen molar-refractivity contribution in [3.63, 3.8) is 0 Å². The van der Waals surface area contributed by atoms with Crippen LogP contribution in [0, 0.1) is 0 Å². The van der Waals surface area contributed by atoms with E-state index < -0.39 is 0 Å². The molecule has 0 bridgehead atoms. The quantitative estimate of drug-likeness (QED) is 0.356. The van der Waals surface area contributed by atoms with Crippen LogP contribution in [0.2, 0.25) is 5.02 Å². The van der Waals surface area contributed by atoms with E-state index in [9.17, 15) is 0 Å². The van der Waals surface area contributed by atoms with E-state index in [1.807, 2.05) is 6.92 Å². The molecule has 0 aliphatic heterocycles. The Labute approximate surface area is 94.1 Å². The summed E-state index contributed by atoms with van der Waals surface area (Å²) in [5, 5.41) is 0.682. The molecule has 0 unspecified atom stereocenters. The first-order valence-electron chi connectivity index (χ1n) is 4.64. The van der Waals surface area contributed by atoms with E-state index in [4.69, 9.17) is 22.2 Å². The van der Waals surface area contributed by atoms with Crippen molar-refractivity contribution in [3.05, 3.63) is 29.3 Å². The molecule has 1 aromatic carbocycles. The van der Waals surface area contributed by atoms with Gasteiger partial charge in [-0.25, -0.2) is 5.84 Å². The van der Waals surface area contributed by atoms with Crippen molar-refractivity contribution in [3.8, 4) is 5.75 Å². The van der Waals surface area contributed by atoms with Crippen LogP contribution in [0.4, 0.5) is 0 Å². The van der Waals surface area contributed by atoms with Crippen molar-refractivity contribution >= 4 is 17.4 Å². The number of halogens is 1. The van der Waals surface area contributed by atoms with Crippen LogP contribution in [-0.2, 0) is 0 Å². The van der Waals surface area contributed by atoms with E-state index >= 15 is 0 Å². The van der Waals surface area contributed by atoms with Gasteiger partial charge in [0.15, 0.2) is 0 Å². The highest BCUT2D eigenvalue weighted by molar-refractivity contribution is 6.30. The molecule has 0 heterocycles. The highest BCUT2D eigenvalue weighted by Crippen LogP contribution is 2.15. The molecule has 0 aliphatic rings. The molecule has 1 rings (SSSR count). The standard InChI is InChI=1S/C10H14ClN3O/c1-2-13-10(14-12)7-15-9-5-3-8(11)4-6-9/h3-6H,2,7,12H2,1H3,(H,13,14). The smallest absolute Gasteiger partial charge is 0.149 e. The number of rotatable bonds is 4. The van der Waals surface area contributed by atoms with E-state index in [2.05, 4.69) is 10.4 Å². The maximum Gasteiger partial charge on any atom is 0.149 e. The van der Waals surface area contributed by atoms with Crippen molar-refractivity contribution < 1.29 is 4.74 Å². The zero-order valence-electron chi connectivity index (χ0n) is 8.53. The first-order valence-corrected chi connectivity index (χ1v) is 5.02. The molecular formula is C10H14ClN3O. The summed E-state index contributed by atoms with van der Waals surface area (Å²) in [7, 11) is 0. The number of nitrogens with one attached hydrogen (secondary N) is 1. The number of hydrogen-bond donors (Lipinski definition) is 2. The number of amidine groups is 1. The summed E-state index contributed by atoms with van der Waals surface area (Å²) in [4.78, 5) is 4.10. The molecule has 0 amide bonds. The number of hydrogen-bond acceptors (Lipinski definition) is 3. The minimum atomic E-state index is 0.325. The van der Waals surface area contributed by atoms with Crippen molar-refractivity contribution in [2.45, 2.75) is 6.92 Å². The fourth-order valence-corrected chi connectivity index (χ4v) is 1.13. The van der Waals surface area contributed by atoms with Crippen molar-refractivity contribution in [2.24, 2.45) is 10.8 Å². The maximum atomic E-state index is 5.74. The molecule has 0 atom stereocenters. The van der Waals surface area contributed by atoms with E-state index in [-0.39, 0.29) is 0 Å². The Kier molecular flexibility index (Phi) is 4.93. The third-order valence-electron chi connectivity index (χ3n) is 1.70. The molecule has 5 heteroatoms. The number of aliphatic imine (C=N–C) groups is 1. The summed E-state index contributed by atoms with van der Waals surface area (Å²) in [6, 6.07) is 7.12. The van der Waals surface area contributed by atoms with Gasteiger partial charge >= 0.3 is 0 Å². The monoisotopic (exact) mass is 227 g/mol. The van der Waals surface area contributed by atoms with Gasteiger partial charge in [-0.15, -0.1) is 0 Å². The summed E-state index contributed by atoms with van der Waals surface area (Å²) in [5.74, 6) is 6.62. The summed E-state index contributed by atoms with van der Waals surface area (Å²) >= 11 is 5.74. The van der Waals surface area contributed by atoms with Crippen LogP contribution < -0.4 is 16.0 Å². The van der Waals surface area contributed by atoms with Crippen LogP contribution in [0.25, 0.3) is 0 Å². The lowest BCUT2D eigenvalue weighted by Crippen LogP contribution is -2.35. The van der Waals surface area contributed by atoms with Crippen LogP contribution in [0.5, 0.6) is 5.75 Å². The lowest BCUT2D eigenvalue weighted by molar-refractivity contribution is 0.372. The van der Waals surface area contributed by atoms with Crippen molar-refractivity contribution in [2.75, 3.05) is 13.2 Å². The maximum absolute atomic E-state index is 5.74. The molecule has 0 saturated carbocycles. The zero-order valence-corrected chi connectivity index (χ0v) is 9.29. The van der Waals surface area contributed by atoms with E-state index in [1.165, 1.54) is 0 Å². The van der Waals surface area contributed by atoms with Gasteiger partial charge in [0.1, 0.15) is 18.2 Å². The third kappa shape index (κ3) is 4.18. The molecular weight excluding hydrogens is 214 g/mol. The fourth-order valence-electron chi connectivity index (χ4n) is 1.01. The number of nitrogens with two attached hydrogens (primary N) is 1. The molecule has 0 aromatic heterocycles. The summed E-state index contributed by atoms with van der Waals surface area (Å²) in [6.07, 6.45) is 0. The lowest BCUT2D eigenvalue weighted by atomic mass is 10.3. The minimum Gasteiger partial charge on any atom is -0.486 e. The summed E-state index contributed by atoms with van der Waals surface area (Å²) in [6.45, 7) is 2.93. The zero-order chi connectivity index (χ0) is 11.1. The molecule has 4 nitrogen and oxygen atoms in total. The second-order valence-corrected chi connectivity index (χ2v) is 3.24.